The molecule has 4 heterocycles. The van der Waals surface area contributed by atoms with Crippen molar-refractivity contribution >= 4 is 5.78 Å². The summed E-state index contributed by atoms with van der Waals surface area (Å²) in [7, 11) is 0. The Morgan fingerprint density at radius 1 is 1.22 bits per heavy atom. The van der Waals surface area contributed by atoms with E-state index in [2.05, 4.69) is 58.4 Å². The molecule has 27 heavy (non-hydrogen) atoms. The molecule has 0 N–H and O–H groups in total. The third-order valence-electron chi connectivity index (χ3n) is 5.68. The summed E-state index contributed by atoms with van der Waals surface area (Å²) in [4.78, 5) is 11.3. The Bertz CT molecular complexity index is 953. The molecule has 0 radical (unpaired) electrons. The number of hydrogen-bond acceptors (Lipinski definition) is 5. The van der Waals surface area contributed by atoms with E-state index in [1.165, 1.54) is 29.8 Å². The number of aryl methyl sites for hydroxylation is 2. The molecule has 0 aromatic carbocycles. The number of hydrogen-bond donors (Lipinski definition) is 0. The maximum Gasteiger partial charge on any atom is 0.252 e. The zero-order valence-corrected chi connectivity index (χ0v) is 17.0. The summed E-state index contributed by atoms with van der Waals surface area (Å²) >= 11 is 0. The third-order valence-corrected chi connectivity index (χ3v) is 5.68. The molecule has 1 atom stereocenters. The minimum Gasteiger partial charge on any atom is -0.298 e. The van der Waals surface area contributed by atoms with E-state index >= 15 is 0 Å². The summed E-state index contributed by atoms with van der Waals surface area (Å²) in [5.74, 6) is 1.15. The van der Waals surface area contributed by atoms with Gasteiger partial charge in [0.05, 0.1) is 11.4 Å². The van der Waals surface area contributed by atoms with Crippen LogP contribution < -0.4 is 0 Å². The second-order valence-electron chi connectivity index (χ2n) is 8.06. The highest BCUT2D eigenvalue weighted by Crippen LogP contribution is 2.29. The van der Waals surface area contributed by atoms with Crippen molar-refractivity contribution in [3.8, 4) is 0 Å². The number of piperidine rings is 1. The standard InChI is InChI=1S/C20H29N7/c1-13(2)26-16(5)18(15(4)24-26)11-25-8-6-7-17(10-25)19-9-14(3)23-20-21-12-22-27(19)20/h9,12-13,17H,6-8,10-11H2,1-5H3. The predicted molar refractivity (Wildman–Crippen MR) is 105 cm³/mol. The van der Waals surface area contributed by atoms with Gasteiger partial charge in [0.25, 0.3) is 5.78 Å². The van der Waals surface area contributed by atoms with E-state index in [0.29, 0.717) is 17.7 Å². The number of fused-ring (bicyclic) bond motifs is 1. The quantitative estimate of drug-likeness (QED) is 0.708. The summed E-state index contributed by atoms with van der Waals surface area (Å²) in [6.45, 7) is 13.9. The van der Waals surface area contributed by atoms with E-state index in [-0.39, 0.29) is 0 Å². The van der Waals surface area contributed by atoms with Gasteiger partial charge < -0.3 is 0 Å². The molecular formula is C20H29N7. The van der Waals surface area contributed by atoms with Crippen LogP contribution in [0.3, 0.4) is 0 Å². The summed E-state index contributed by atoms with van der Waals surface area (Å²) in [6.07, 6.45) is 3.97. The van der Waals surface area contributed by atoms with Crippen LogP contribution in [-0.2, 0) is 6.54 Å². The Balaban J connectivity index is 1.58. The lowest BCUT2D eigenvalue weighted by Gasteiger charge is -2.33. The lowest BCUT2D eigenvalue weighted by atomic mass is 9.93. The van der Waals surface area contributed by atoms with Gasteiger partial charge in [0.2, 0.25) is 0 Å². The van der Waals surface area contributed by atoms with Gasteiger partial charge in [-0.05, 0) is 60.1 Å². The van der Waals surface area contributed by atoms with Crippen molar-refractivity contribution < 1.29 is 0 Å². The monoisotopic (exact) mass is 367 g/mol. The van der Waals surface area contributed by atoms with E-state index < -0.39 is 0 Å². The molecule has 144 valence electrons. The van der Waals surface area contributed by atoms with Crippen molar-refractivity contribution in [2.24, 2.45) is 0 Å². The van der Waals surface area contributed by atoms with Crippen molar-refractivity contribution in [1.29, 1.82) is 0 Å². The van der Waals surface area contributed by atoms with Gasteiger partial charge in [0.15, 0.2) is 0 Å². The van der Waals surface area contributed by atoms with Crippen LogP contribution >= 0.6 is 0 Å². The molecular weight excluding hydrogens is 338 g/mol. The van der Waals surface area contributed by atoms with Crippen molar-refractivity contribution in [3.63, 3.8) is 0 Å². The van der Waals surface area contributed by atoms with Crippen molar-refractivity contribution in [1.82, 2.24) is 34.3 Å². The van der Waals surface area contributed by atoms with E-state index in [9.17, 15) is 0 Å². The fourth-order valence-electron chi connectivity index (χ4n) is 4.34. The Kier molecular flexibility index (Phi) is 4.72. The molecule has 0 bridgehead atoms. The second kappa shape index (κ2) is 7.03. The second-order valence-corrected chi connectivity index (χ2v) is 8.06. The summed E-state index contributed by atoms with van der Waals surface area (Å²) < 4.78 is 4.06. The molecule has 4 rings (SSSR count). The Morgan fingerprint density at radius 2 is 2.04 bits per heavy atom. The fourth-order valence-corrected chi connectivity index (χ4v) is 4.34. The van der Waals surface area contributed by atoms with Gasteiger partial charge in [-0.2, -0.15) is 15.2 Å². The molecule has 3 aromatic rings. The first-order valence-corrected chi connectivity index (χ1v) is 9.88. The number of likely N-dealkylation sites (tertiary alicyclic amines) is 1. The first-order valence-electron chi connectivity index (χ1n) is 9.88. The summed E-state index contributed by atoms with van der Waals surface area (Å²) in [5.41, 5.74) is 6.06. The van der Waals surface area contributed by atoms with Crippen LogP contribution in [0.5, 0.6) is 0 Å². The van der Waals surface area contributed by atoms with Gasteiger partial charge in [0, 0.05) is 42.0 Å². The molecule has 1 fully saturated rings. The molecule has 7 nitrogen and oxygen atoms in total. The maximum absolute atomic E-state index is 4.76. The lowest BCUT2D eigenvalue weighted by Crippen LogP contribution is -2.35. The smallest absolute Gasteiger partial charge is 0.252 e. The Labute approximate surface area is 160 Å². The van der Waals surface area contributed by atoms with Gasteiger partial charge in [0.1, 0.15) is 6.33 Å². The largest absolute Gasteiger partial charge is 0.298 e. The first-order chi connectivity index (χ1) is 12.9. The molecule has 1 unspecified atom stereocenters. The molecule has 0 aliphatic carbocycles. The topological polar surface area (TPSA) is 64.1 Å². The molecule has 1 saturated heterocycles. The van der Waals surface area contributed by atoms with Crippen LogP contribution in [0, 0.1) is 20.8 Å². The summed E-state index contributed by atoms with van der Waals surface area (Å²) in [5, 5.41) is 9.16. The van der Waals surface area contributed by atoms with E-state index in [0.717, 1.165) is 31.0 Å². The molecule has 3 aromatic heterocycles. The molecule has 0 spiro atoms. The number of aromatic nitrogens is 6. The highest BCUT2D eigenvalue weighted by Gasteiger charge is 2.26. The van der Waals surface area contributed by atoms with E-state index in [1.54, 1.807) is 6.33 Å². The third kappa shape index (κ3) is 3.36. The Morgan fingerprint density at radius 3 is 2.78 bits per heavy atom. The van der Waals surface area contributed by atoms with Gasteiger partial charge in [-0.3, -0.25) is 9.58 Å². The number of rotatable bonds is 4. The SMILES string of the molecule is Cc1cc(C2CCCN(Cc3c(C)nn(C(C)C)c3C)C2)n2ncnc2n1. The minimum atomic E-state index is 0.395. The van der Waals surface area contributed by atoms with Crippen molar-refractivity contribution in [2.75, 3.05) is 13.1 Å². The first kappa shape index (κ1) is 18.1. The highest BCUT2D eigenvalue weighted by molar-refractivity contribution is 5.32. The zero-order valence-electron chi connectivity index (χ0n) is 17.0. The Hall–Kier alpha value is -2.28. The average molecular weight is 368 g/mol. The van der Waals surface area contributed by atoms with Gasteiger partial charge in [-0.25, -0.2) is 9.50 Å². The lowest BCUT2D eigenvalue weighted by molar-refractivity contribution is 0.196. The molecule has 1 aliphatic rings. The van der Waals surface area contributed by atoms with Gasteiger partial charge in [-0.1, -0.05) is 0 Å². The van der Waals surface area contributed by atoms with E-state index in [4.69, 9.17) is 5.10 Å². The maximum atomic E-state index is 4.76. The van der Waals surface area contributed by atoms with E-state index in [1.807, 2.05) is 11.4 Å². The predicted octanol–water partition coefficient (Wildman–Crippen LogP) is 3.21. The normalized spacial score (nSPS) is 18.7. The van der Waals surface area contributed by atoms with Crippen LogP contribution in [0.15, 0.2) is 12.4 Å². The van der Waals surface area contributed by atoms with Crippen LogP contribution in [0.2, 0.25) is 0 Å². The molecule has 7 heteroatoms. The van der Waals surface area contributed by atoms with Crippen molar-refractivity contribution in [2.45, 2.75) is 66.0 Å². The zero-order chi connectivity index (χ0) is 19.1. The molecule has 1 aliphatic heterocycles. The molecule has 0 amide bonds. The highest BCUT2D eigenvalue weighted by atomic mass is 15.3. The average Bonchev–Trinajstić information content (AvgIpc) is 3.21. The van der Waals surface area contributed by atoms with Crippen LogP contribution in [0.25, 0.3) is 5.78 Å². The summed E-state index contributed by atoms with van der Waals surface area (Å²) in [6, 6.07) is 2.57. The van der Waals surface area contributed by atoms with Crippen LogP contribution in [0.1, 0.15) is 67.0 Å². The van der Waals surface area contributed by atoms with Crippen molar-refractivity contribution in [3.05, 3.63) is 40.7 Å². The van der Waals surface area contributed by atoms with Crippen LogP contribution in [0.4, 0.5) is 0 Å². The van der Waals surface area contributed by atoms with Crippen LogP contribution in [-0.4, -0.2) is 47.4 Å². The fraction of sp³-hybridized carbons (Fsp3) is 0.600. The van der Waals surface area contributed by atoms with Gasteiger partial charge in [-0.15, -0.1) is 0 Å². The number of nitrogens with zero attached hydrogens (tertiary/aromatic N) is 7. The molecule has 0 saturated carbocycles. The van der Waals surface area contributed by atoms with Gasteiger partial charge >= 0.3 is 0 Å². The minimum absolute atomic E-state index is 0.395.